The SMILES string of the molecule is CSC(C)C(=O)NCCN.Cl. The van der Waals surface area contributed by atoms with Crippen LogP contribution in [0.4, 0.5) is 0 Å². The molecule has 0 fully saturated rings. The van der Waals surface area contributed by atoms with E-state index in [0.29, 0.717) is 13.1 Å². The number of carbonyl (C=O) groups is 1. The Morgan fingerprint density at radius 1 is 1.73 bits per heavy atom. The zero-order chi connectivity index (χ0) is 7.98. The highest BCUT2D eigenvalue weighted by Gasteiger charge is 2.08. The van der Waals surface area contributed by atoms with Crippen molar-refractivity contribution in [2.75, 3.05) is 19.3 Å². The van der Waals surface area contributed by atoms with Crippen molar-refractivity contribution in [2.45, 2.75) is 12.2 Å². The normalized spacial score (nSPS) is 11.5. The van der Waals surface area contributed by atoms with Crippen LogP contribution in [0.15, 0.2) is 0 Å². The molecule has 0 bridgehead atoms. The largest absolute Gasteiger partial charge is 0.354 e. The lowest BCUT2D eigenvalue weighted by Crippen LogP contribution is -2.34. The third-order valence-corrected chi connectivity index (χ3v) is 2.09. The second kappa shape index (κ2) is 8.17. The van der Waals surface area contributed by atoms with Crippen molar-refractivity contribution in [1.29, 1.82) is 0 Å². The van der Waals surface area contributed by atoms with E-state index in [-0.39, 0.29) is 23.6 Å². The van der Waals surface area contributed by atoms with Crippen LogP contribution in [0, 0.1) is 0 Å². The van der Waals surface area contributed by atoms with Gasteiger partial charge in [0.15, 0.2) is 0 Å². The maximum absolute atomic E-state index is 10.9. The van der Waals surface area contributed by atoms with Gasteiger partial charge in [-0.3, -0.25) is 4.79 Å². The summed E-state index contributed by atoms with van der Waals surface area (Å²) in [6, 6.07) is 0. The van der Waals surface area contributed by atoms with Gasteiger partial charge in [0.2, 0.25) is 5.91 Å². The Morgan fingerprint density at radius 3 is 2.64 bits per heavy atom. The predicted molar refractivity (Wildman–Crippen MR) is 52.3 cm³/mol. The van der Waals surface area contributed by atoms with Crippen LogP contribution in [0.2, 0.25) is 0 Å². The van der Waals surface area contributed by atoms with E-state index in [4.69, 9.17) is 5.73 Å². The molecule has 0 aliphatic rings. The van der Waals surface area contributed by atoms with Crippen LogP contribution >= 0.6 is 24.2 Å². The lowest BCUT2D eigenvalue weighted by molar-refractivity contribution is -0.120. The Morgan fingerprint density at radius 2 is 2.27 bits per heavy atom. The molecule has 1 amide bonds. The standard InChI is InChI=1S/C6H14N2OS.ClH/c1-5(10-2)6(9)8-4-3-7;/h5H,3-4,7H2,1-2H3,(H,8,9);1H. The molecule has 3 N–H and O–H groups in total. The molecular formula is C6H15ClN2OS. The number of nitrogens with two attached hydrogens (primary N) is 1. The van der Waals surface area contributed by atoms with Crippen molar-refractivity contribution in [2.24, 2.45) is 5.73 Å². The Balaban J connectivity index is 0. The summed E-state index contributed by atoms with van der Waals surface area (Å²) in [6.07, 6.45) is 1.91. The van der Waals surface area contributed by atoms with E-state index in [1.807, 2.05) is 13.2 Å². The van der Waals surface area contributed by atoms with Gasteiger partial charge >= 0.3 is 0 Å². The van der Waals surface area contributed by atoms with Gasteiger partial charge in [-0.15, -0.1) is 12.4 Å². The fourth-order valence-corrected chi connectivity index (χ4v) is 0.744. The minimum absolute atomic E-state index is 0. The molecule has 0 saturated carbocycles. The maximum Gasteiger partial charge on any atom is 0.232 e. The molecule has 0 heterocycles. The van der Waals surface area contributed by atoms with Gasteiger partial charge in [-0.2, -0.15) is 11.8 Å². The first-order valence-electron chi connectivity index (χ1n) is 3.23. The lowest BCUT2D eigenvalue weighted by atomic mass is 10.4. The molecule has 3 nitrogen and oxygen atoms in total. The highest BCUT2D eigenvalue weighted by atomic mass is 35.5. The molecule has 0 spiro atoms. The van der Waals surface area contributed by atoms with Crippen LogP contribution in [-0.2, 0) is 4.79 Å². The molecule has 0 aromatic rings. The van der Waals surface area contributed by atoms with E-state index in [1.54, 1.807) is 0 Å². The lowest BCUT2D eigenvalue weighted by Gasteiger charge is -2.07. The summed E-state index contributed by atoms with van der Waals surface area (Å²) >= 11 is 1.53. The van der Waals surface area contributed by atoms with Gasteiger partial charge in [0, 0.05) is 13.1 Å². The first-order valence-corrected chi connectivity index (χ1v) is 4.51. The number of thioether (sulfide) groups is 1. The smallest absolute Gasteiger partial charge is 0.232 e. The number of hydrogen-bond acceptors (Lipinski definition) is 3. The molecule has 0 aliphatic heterocycles. The second-order valence-corrected chi connectivity index (χ2v) is 3.14. The van der Waals surface area contributed by atoms with Crippen molar-refractivity contribution < 1.29 is 4.79 Å². The molecule has 11 heavy (non-hydrogen) atoms. The summed E-state index contributed by atoms with van der Waals surface area (Å²) in [5, 5.41) is 2.73. The first kappa shape index (κ1) is 13.6. The molecule has 0 aliphatic carbocycles. The summed E-state index contributed by atoms with van der Waals surface area (Å²) in [4.78, 5) is 10.9. The van der Waals surface area contributed by atoms with E-state index < -0.39 is 0 Å². The van der Waals surface area contributed by atoms with Crippen LogP contribution in [0.25, 0.3) is 0 Å². The Bertz CT molecular complexity index is 113. The Hall–Kier alpha value is 0.0700. The molecule has 68 valence electrons. The molecular weight excluding hydrogens is 184 g/mol. The summed E-state index contributed by atoms with van der Waals surface area (Å²) in [6.45, 7) is 2.95. The van der Waals surface area contributed by atoms with Gasteiger partial charge in [-0.05, 0) is 13.2 Å². The molecule has 0 aromatic carbocycles. The minimum Gasteiger partial charge on any atom is -0.354 e. The van der Waals surface area contributed by atoms with Gasteiger partial charge in [0.1, 0.15) is 0 Å². The highest BCUT2D eigenvalue weighted by molar-refractivity contribution is 7.99. The van der Waals surface area contributed by atoms with Crippen LogP contribution < -0.4 is 11.1 Å². The number of carbonyl (C=O) groups excluding carboxylic acids is 1. The summed E-state index contributed by atoms with van der Waals surface area (Å²) in [5.74, 6) is 0.0675. The molecule has 0 radical (unpaired) electrons. The third-order valence-electron chi connectivity index (χ3n) is 1.17. The average Bonchev–Trinajstić information content (AvgIpc) is 1.98. The van der Waals surface area contributed by atoms with E-state index >= 15 is 0 Å². The Kier molecular flexibility index (Phi) is 10.1. The zero-order valence-corrected chi connectivity index (χ0v) is 8.43. The predicted octanol–water partition coefficient (Wildman–Crippen LogP) is 0.235. The summed E-state index contributed by atoms with van der Waals surface area (Å²) < 4.78 is 0. The number of hydrogen-bond donors (Lipinski definition) is 2. The highest BCUT2D eigenvalue weighted by Crippen LogP contribution is 2.03. The van der Waals surface area contributed by atoms with E-state index in [9.17, 15) is 4.79 Å². The topological polar surface area (TPSA) is 55.1 Å². The zero-order valence-electron chi connectivity index (χ0n) is 6.79. The summed E-state index contributed by atoms with van der Waals surface area (Å²) in [7, 11) is 0. The molecule has 5 heteroatoms. The van der Waals surface area contributed by atoms with Gasteiger partial charge < -0.3 is 11.1 Å². The van der Waals surface area contributed by atoms with Crippen molar-refractivity contribution in [3.8, 4) is 0 Å². The van der Waals surface area contributed by atoms with Crippen LogP contribution in [0.1, 0.15) is 6.92 Å². The maximum atomic E-state index is 10.9. The van der Waals surface area contributed by atoms with Crippen molar-refractivity contribution in [3.05, 3.63) is 0 Å². The molecule has 1 atom stereocenters. The van der Waals surface area contributed by atoms with Crippen molar-refractivity contribution in [1.82, 2.24) is 5.32 Å². The second-order valence-electron chi connectivity index (χ2n) is 1.96. The van der Waals surface area contributed by atoms with Crippen molar-refractivity contribution in [3.63, 3.8) is 0 Å². The van der Waals surface area contributed by atoms with Crippen LogP contribution in [0.3, 0.4) is 0 Å². The monoisotopic (exact) mass is 198 g/mol. The number of halogens is 1. The number of nitrogens with one attached hydrogen (secondary N) is 1. The third kappa shape index (κ3) is 6.47. The quantitative estimate of drug-likeness (QED) is 0.681. The first-order chi connectivity index (χ1) is 4.72. The van der Waals surface area contributed by atoms with Gasteiger partial charge in [0.05, 0.1) is 5.25 Å². The molecule has 1 unspecified atom stereocenters. The average molecular weight is 199 g/mol. The van der Waals surface area contributed by atoms with Gasteiger partial charge in [-0.1, -0.05) is 0 Å². The fourth-order valence-electron chi connectivity index (χ4n) is 0.446. The van der Waals surface area contributed by atoms with Gasteiger partial charge in [-0.25, -0.2) is 0 Å². The van der Waals surface area contributed by atoms with Crippen LogP contribution in [-0.4, -0.2) is 30.5 Å². The van der Waals surface area contributed by atoms with E-state index in [1.165, 1.54) is 11.8 Å². The molecule has 0 aromatic heterocycles. The molecule has 0 rings (SSSR count). The number of rotatable bonds is 4. The Labute approximate surface area is 77.9 Å². The van der Waals surface area contributed by atoms with Gasteiger partial charge in [0.25, 0.3) is 0 Å². The van der Waals surface area contributed by atoms with Crippen LogP contribution in [0.5, 0.6) is 0 Å². The van der Waals surface area contributed by atoms with Crippen molar-refractivity contribution >= 4 is 30.1 Å². The molecule has 0 saturated heterocycles. The number of amides is 1. The minimum atomic E-state index is 0. The van der Waals surface area contributed by atoms with E-state index in [2.05, 4.69) is 5.32 Å². The van der Waals surface area contributed by atoms with E-state index in [0.717, 1.165) is 0 Å². The fraction of sp³-hybridized carbons (Fsp3) is 0.833. The summed E-state index contributed by atoms with van der Waals surface area (Å²) in [5.41, 5.74) is 5.20.